The first-order valence-corrected chi connectivity index (χ1v) is 7.34. The Morgan fingerprint density at radius 2 is 2.10 bits per heavy atom. The van der Waals surface area contributed by atoms with Gasteiger partial charge in [-0.05, 0) is 51.4 Å². The summed E-state index contributed by atoms with van der Waals surface area (Å²) in [6.45, 7) is 9.26. The molecule has 1 aromatic carbocycles. The van der Waals surface area contributed by atoms with Gasteiger partial charge < -0.3 is 5.32 Å². The molecule has 0 amide bonds. The van der Waals surface area contributed by atoms with Crippen LogP contribution in [-0.2, 0) is 0 Å². The molecule has 0 aliphatic rings. The lowest BCUT2D eigenvalue weighted by Crippen LogP contribution is -2.20. The zero-order valence-electron chi connectivity index (χ0n) is 12.4. The highest BCUT2D eigenvalue weighted by molar-refractivity contribution is 6.31. The van der Waals surface area contributed by atoms with E-state index in [1.807, 2.05) is 36.7 Å². The van der Waals surface area contributed by atoms with Crippen LogP contribution in [-0.4, -0.2) is 21.5 Å². The quantitative estimate of drug-likeness (QED) is 0.915. The van der Waals surface area contributed by atoms with E-state index in [1.165, 1.54) is 0 Å². The van der Waals surface area contributed by atoms with Crippen LogP contribution in [0.3, 0.4) is 0 Å². The fourth-order valence-corrected chi connectivity index (χ4v) is 2.33. The predicted molar refractivity (Wildman–Crippen MR) is 82.6 cm³/mol. The third kappa shape index (κ3) is 3.02. The molecular weight excluding hydrogens is 272 g/mol. The molecule has 1 atom stereocenters. The van der Waals surface area contributed by atoms with Gasteiger partial charge in [-0.1, -0.05) is 29.8 Å². The molecule has 0 spiro atoms. The Labute approximate surface area is 125 Å². The van der Waals surface area contributed by atoms with E-state index in [9.17, 15) is 0 Å². The van der Waals surface area contributed by atoms with E-state index in [4.69, 9.17) is 11.6 Å². The smallest absolute Gasteiger partial charge is 0.103 e. The summed E-state index contributed by atoms with van der Waals surface area (Å²) < 4.78 is 1.84. The van der Waals surface area contributed by atoms with Crippen molar-refractivity contribution in [1.29, 1.82) is 0 Å². The highest BCUT2D eigenvalue weighted by atomic mass is 35.5. The van der Waals surface area contributed by atoms with E-state index in [-0.39, 0.29) is 6.04 Å². The molecule has 2 rings (SSSR count). The molecule has 0 saturated carbocycles. The number of hydrogen-bond donors (Lipinski definition) is 1. The first-order chi connectivity index (χ1) is 9.54. The highest BCUT2D eigenvalue weighted by Crippen LogP contribution is 2.22. The number of rotatable bonds is 5. The van der Waals surface area contributed by atoms with Crippen molar-refractivity contribution in [3.05, 3.63) is 40.2 Å². The maximum absolute atomic E-state index is 6.18. The molecule has 1 aromatic heterocycles. The molecule has 0 bridgehead atoms. The standard InChI is InChI=1S/C15H21ClN4/c1-5-8-17-11(3)15-12(4)20(19-18-15)13-7-6-10(2)14(16)9-13/h6-7,9,11,17H,5,8H2,1-4H3. The van der Waals surface area contributed by atoms with Crippen molar-refractivity contribution >= 4 is 11.6 Å². The normalized spacial score (nSPS) is 12.7. The van der Waals surface area contributed by atoms with Crippen LogP contribution in [0.25, 0.3) is 5.69 Å². The van der Waals surface area contributed by atoms with E-state index in [2.05, 4.69) is 29.5 Å². The Hall–Kier alpha value is -1.39. The second-order valence-corrected chi connectivity index (χ2v) is 5.49. The second kappa shape index (κ2) is 6.37. The SMILES string of the molecule is CCCNC(C)c1nnn(-c2ccc(C)c(Cl)c2)c1C. The van der Waals surface area contributed by atoms with Crippen molar-refractivity contribution in [2.75, 3.05) is 6.54 Å². The van der Waals surface area contributed by atoms with Gasteiger partial charge in [0.05, 0.1) is 17.4 Å². The Morgan fingerprint density at radius 1 is 1.35 bits per heavy atom. The van der Waals surface area contributed by atoms with Gasteiger partial charge in [-0.2, -0.15) is 0 Å². The van der Waals surface area contributed by atoms with Gasteiger partial charge in [0.1, 0.15) is 5.69 Å². The molecule has 108 valence electrons. The van der Waals surface area contributed by atoms with E-state index >= 15 is 0 Å². The minimum absolute atomic E-state index is 0.199. The van der Waals surface area contributed by atoms with Crippen molar-refractivity contribution < 1.29 is 0 Å². The van der Waals surface area contributed by atoms with Gasteiger partial charge in [0, 0.05) is 5.02 Å². The first kappa shape index (κ1) is 15.0. The van der Waals surface area contributed by atoms with Crippen LogP contribution in [0.1, 0.15) is 43.3 Å². The number of halogens is 1. The number of aromatic nitrogens is 3. The molecule has 4 nitrogen and oxygen atoms in total. The average Bonchev–Trinajstić information content (AvgIpc) is 2.81. The molecule has 5 heteroatoms. The summed E-state index contributed by atoms with van der Waals surface area (Å²) in [5.41, 5.74) is 4.03. The van der Waals surface area contributed by atoms with Crippen LogP contribution < -0.4 is 5.32 Å². The van der Waals surface area contributed by atoms with Crippen LogP contribution in [0.2, 0.25) is 5.02 Å². The summed E-state index contributed by atoms with van der Waals surface area (Å²) in [4.78, 5) is 0. The number of hydrogen-bond acceptors (Lipinski definition) is 3. The largest absolute Gasteiger partial charge is 0.309 e. The summed E-state index contributed by atoms with van der Waals surface area (Å²) in [6, 6.07) is 6.13. The Morgan fingerprint density at radius 3 is 2.75 bits per heavy atom. The zero-order valence-corrected chi connectivity index (χ0v) is 13.2. The van der Waals surface area contributed by atoms with Crippen LogP contribution in [0.15, 0.2) is 18.2 Å². The summed E-state index contributed by atoms with van der Waals surface area (Å²) in [7, 11) is 0. The molecule has 0 aliphatic carbocycles. The monoisotopic (exact) mass is 292 g/mol. The maximum atomic E-state index is 6.18. The van der Waals surface area contributed by atoms with Gasteiger partial charge in [-0.25, -0.2) is 4.68 Å². The lowest BCUT2D eigenvalue weighted by atomic mass is 10.2. The third-order valence-electron chi connectivity index (χ3n) is 3.44. The number of nitrogens with zero attached hydrogens (tertiary/aromatic N) is 3. The minimum atomic E-state index is 0.199. The molecular formula is C15H21ClN4. The molecule has 0 saturated heterocycles. The molecule has 1 unspecified atom stereocenters. The van der Waals surface area contributed by atoms with Crippen molar-refractivity contribution in [3.8, 4) is 5.69 Å². The van der Waals surface area contributed by atoms with E-state index in [0.717, 1.165) is 40.6 Å². The van der Waals surface area contributed by atoms with Crippen molar-refractivity contribution in [1.82, 2.24) is 20.3 Å². The lowest BCUT2D eigenvalue weighted by molar-refractivity contribution is 0.555. The second-order valence-electron chi connectivity index (χ2n) is 5.08. The van der Waals surface area contributed by atoms with Gasteiger partial charge in [0.25, 0.3) is 0 Å². The first-order valence-electron chi connectivity index (χ1n) is 6.96. The molecule has 0 fully saturated rings. The number of nitrogens with one attached hydrogen (secondary N) is 1. The number of benzene rings is 1. The topological polar surface area (TPSA) is 42.7 Å². The van der Waals surface area contributed by atoms with Crippen molar-refractivity contribution in [2.24, 2.45) is 0 Å². The minimum Gasteiger partial charge on any atom is -0.309 e. The average molecular weight is 293 g/mol. The van der Waals surface area contributed by atoms with Gasteiger partial charge in [0.2, 0.25) is 0 Å². The summed E-state index contributed by atoms with van der Waals surface area (Å²) >= 11 is 6.18. The molecule has 2 aromatic rings. The van der Waals surface area contributed by atoms with E-state index in [0.29, 0.717) is 0 Å². The van der Waals surface area contributed by atoms with Gasteiger partial charge >= 0.3 is 0 Å². The van der Waals surface area contributed by atoms with E-state index < -0.39 is 0 Å². The molecule has 0 aliphatic heterocycles. The molecule has 20 heavy (non-hydrogen) atoms. The molecule has 1 N–H and O–H groups in total. The summed E-state index contributed by atoms with van der Waals surface area (Å²) in [5, 5.41) is 12.7. The lowest BCUT2D eigenvalue weighted by Gasteiger charge is -2.11. The van der Waals surface area contributed by atoms with Crippen molar-refractivity contribution in [3.63, 3.8) is 0 Å². The Kier molecular flexibility index (Phi) is 4.78. The maximum Gasteiger partial charge on any atom is 0.103 e. The molecule has 0 radical (unpaired) electrons. The highest BCUT2D eigenvalue weighted by Gasteiger charge is 2.15. The van der Waals surface area contributed by atoms with Gasteiger partial charge in [0.15, 0.2) is 0 Å². The van der Waals surface area contributed by atoms with Gasteiger partial charge in [-0.3, -0.25) is 0 Å². The van der Waals surface area contributed by atoms with Crippen LogP contribution in [0, 0.1) is 13.8 Å². The molecule has 1 heterocycles. The Bertz CT molecular complexity index is 592. The summed E-state index contributed by atoms with van der Waals surface area (Å²) in [6.07, 6.45) is 1.10. The van der Waals surface area contributed by atoms with E-state index in [1.54, 1.807) is 0 Å². The fourth-order valence-electron chi connectivity index (χ4n) is 2.16. The zero-order chi connectivity index (χ0) is 14.7. The van der Waals surface area contributed by atoms with Gasteiger partial charge in [-0.15, -0.1) is 5.10 Å². The summed E-state index contributed by atoms with van der Waals surface area (Å²) in [5.74, 6) is 0. The Balaban J connectivity index is 2.30. The van der Waals surface area contributed by atoms with Crippen LogP contribution in [0.5, 0.6) is 0 Å². The third-order valence-corrected chi connectivity index (χ3v) is 3.85. The van der Waals surface area contributed by atoms with Crippen LogP contribution >= 0.6 is 11.6 Å². The fraction of sp³-hybridized carbons (Fsp3) is 0.467. The van der Waals surface area contributed by atoms with Crippen molar-refractivity contribution in [2.45, 2.75) is 40.2 Å². The van der Waals surface area contributed by atoms with Crippen LogP contribution in [0.4, 0.5) is 0 Å². The predicted octanol–water partition coefficient (Wildman–Crippen LogP) is 3.60. The number of aryl methyl sites for hydroxylation is 1.